The van der Waals surface area contributed by atoms with Gasteiger partial charge in [0.2, 0.25) is 5.89 Å². The number of hydrogen-bond donors (Lipinski definition) is 1. The van der Waals surface area contributed by atoms with Crippen molar-refractivity contribution in [3.8, 4) is 11.8 Å². The smallest absolute Gasteiger partial charge is 0.312 e. The molecule has 0 bridgehead atoms. The number of rotatable bonds is 8. The number of hydrogen-bond acceptors (Lipinski definition) is 7. The van der Waals surface area contributed by atoms with Gasteiger partial charge in [-0.3, -0.25) is 4.79 Å². The zero-order valence-electron chi connectivity index (χ0n) is 17.8. The van der Waals surface area contributed by atoms with Crippen molar-refractivity contribution in [3.05, 3.63) is 70.4 Å². The first-order valence-corrected chi connectivity index (χ1v) is 9.91. The lowest BCUT2D eigenvalue weighted by Gasteiger charge is -2.26. The highest BCUT2D eigenvalue weighted by molar-refractivity contribution is 5.81. The molecule has 0 aliphatic rings. The Labute approximate surface area is 187 Å². The number of aromatic nitrogens is 2. The highest BCUT2D eigenvalue weighted by Crippen LogP contribution is 2.26. The zero-order valence-corrected chi connectivity index (χ0v) is 17.8. The first-order valence-electron chi connectivity index (χ1n) is 9.91. The minimum atomic E-state index is -1.20. The van der Waals surface area contributed by atoms with Crippen LogP contribution in [0.1, 0.15) is 36.4 Å². The van der Waals surface area contributed by atoms with Gasteiger partial charge >= 0.3 is 6.01 Å². The van der Waals surface area contributed by atoms with Gasteiger partial charge in [-0.1, -0.05) is 18.1 Å². The lowest BCUT2D eigenvalue weighted by molar-refractivity contribution is -0.139. The second kappa shape index (κ2) is 10.0. The normalized spacial score (nSPS) is 11.6. The van der Waals surface area contributed by atoms with Crippen LogP contribution in [0, 0.1) is 28.8 Å². The second-order valence-corrected chi connectivity index (χ2v) is 7.12. The Hall–Kier alpha value is -4.07. The van der Waals surface area contributed by atoms with E-state index in [0.29, 0.717) is 0 Å². The molecule has 33 heavy (non-hydrogen) atoms. The highest BCUT2D eigenvalue weighted by atomic mass is 19.1. The first-order chi connectivity index (χ1) is 15.7. The van der Waals surface area contributed by atoms with E-state index in [1.807, 2.05) is 6.07 Å². The molecular formula is C22H20F3N5O3. The van der Waals surface area contributed by atoms with Gasteiger partial charge in [0.25, 0.3) is 5.91 Å². The van der Waals surface area contributed by atoms with Crippen molar-refractivity contribution in [2.45, 2.75) is 39.5 Å². The maximum Gasteiger partial charge on any atom is 0.312 e. The van der Waals surface area contributed by atoms with Crippen molar-refractivity contribution >= 4 is 11.9 Å². The molecule has 172 valence electrons. The fourth-order valence-corrected chi connectivity index (χ4v) is 3.18. The summed E-state index contributed by atoms with van der Waals surface area (Å²) in [5.74, 6) is -3.08. The Balaban J connectivity index is 1.88. The first kappa shape index (κ1) is 23.6. The maximum absolute atomic E-state index is 14.5. The summed E-state index contributed by atoms with van der Waals surface area (Å²) in [5.41, 5.74) is 5.79. The van der Waals surface area contributed by atoms with Gasteiger partial charge in [0.1, 0.15) is 23.2 Å². The summed E-state index contributed by atoms with van der Waals surface area (Å²) in [6, 6.07) is 7.18. The van der Waals surface area contributed by atoms with Crippen LogP contribution in [-0.4, -0.2) is 27.1 Å². The van der Waals surface area contributed by atoms with Crippen LogP contribution in [0.15, 0.2) is 34.7 Å². The van der Waals surface area contributed by atoms with E-state index in [1.165, 1.54) is 24.0 Å². The predicted octanol–water partition coefficient (Wildman–Crippen LogP) is 3.50. The number of amides is 1. The predicted molar refractivity (Wildman–Crippen MR) is 110 cm³/mol. The molecular weight excluding hydrogens is 439 g/mol. The molecule has 0 unspecified atom stereocenters. The van der Waals surface area contributed by atoms with Crippen LogP contribution in [-0.2, 0) is 24.3 Å². The summed E-state index contributed by atoms with van der Waals surface area (Å²) >= 11 is 0. The van der Waals surface area contributed by atoms with Crippen LogP contribution in [0.4, 0.5) is 19.2 Å². The minimum absolute atomic E-state index is 0.00634. The Kier molecular flexibility index (Phi) is 7.17. The average Bonchev–Trinajstić information content (AvgIpc) is 3.18. The molecule has 0 spiro atoms. The van der Waals surface area contributed by atoms with Gasteiger partial charge in [-0.2, -0.15) is 5.26 Å². The Bertz CT molecular complexity index is 1210. The van der Waals surface area contributed by atoms with Gasteiger partial charge in [-0.05, 0) is 25.5 Å². The lowest BCUT2D eigenvalue weighted by Crippen LogP contribution is -2.40. The van der Waals surface area contributed by atoms with E-state index in [4.69, 9.17) is 20.1 Å². The topological polar surface area (TPSA) is 118 Å². The van der Waals surface area contributed by atoms with E-state index >= 15 is 0 Å². The van der Waals surface area contributed by atoms with Crippen molar-refractivity contribution < 1.29 is 27.1 Å². The largest absolute Gasteiger partial charge is 0.480 e. The third-order valence-corrected chi connectivity index (χ3v) is 4.79. The van der Waals surface area contributed by atoms with Gasteiger partial charge in [0.05, 0.1) is 18.2 Å². The van der Waals surface area contributed by atoms with Crippen molar-refractivity contribution in [2.24, 2.45) is 0 Å². The molecule has 11 heteroatoms. The molecule has 8 nitrogen and oxygen atoms in total. The molecule has 2 aromatic carbocycles. The summed E-state index contributed by atoms with van der Waals surface area (Å²) in [6.07, 6.45) is -0.984. The molecule has 1 aromatic heterocycles. The van der Waals surface area contributed by atoms with Gasteiger partial charge < -0.3 is 19.8 Å². The molecule has 2 N–H and O–H groups in total. The number of carbonyl (C=O) groups is 1. The van der Waals surface area contributed by atoms with Crippen molar-refractivity contribution in [1.29, 1.82) is 5.26 Å². The summed E-state index contributed by atoms with van der Waals surface area (Å²) < 4.78 is 53.0. The standard InChI is InChI=1S/C22H20F3N5O3/c1-3-16-18(25)7-15(23)8-19(16)32-12(2)21(31)30(11-20-28-29-22(27)33-20)10-14-5-4-13(9-26)6-17(14)24/h4-8,12H,3,10-11H2,1-2H3,(H2,27,29)/t12-/m0/s1. The number of nitrogens with two attached hydrogens (primary N) is 1. The number of nitriles is 1. The van der Waals surface area contributed by atoms with E-state index in [9.17, 15) is 18.0 Å². The maximum atomic E-state index is 14.5. The van der Waals surface area contributed by atoms with E-state index in [0.717, 1.165) is 18.2 Å². The van der Waals surface area contributed by atoms with Crippen molar-refractivity contribution in [1.82, 2.24) is 15.1 Å². The van der Waals surface area contributed by atoms with E-state index in [-0.39, 0.29) is 53.9 Å². The van der Waals surface area contributed by atoms with Crippen molar-refractivity contribution in [3.63, 3.8) is 0 Å². The average molecular weight is 459 g/mol. The fourth-order valence-electron chi connectivity index (χ4n) is 3.18. The highest BCUT2D eigenvalue weighted by Gasteiger charge is 2.26. The summed E-state index contributed by atoms with van der Waals surface area (Å²) in [4.78, 5) is 14.4. The van der Waals surface area contributed by atoms with Crippen LogP contribution in [0.5, 0.6) is 5.75 Å². The van der Waals surface area contributed by atoms with E-state index in [1.54, 1.807) is 6.92 Å². The number of carbonyl (C=O) groups excluding carboxylic acids is 1. The van der Waals surface area contributed by atoms with Crippen LogP contribution in [0.25, 0.3) is 0 Å². The number of ether oxygens (including phenoxy) is 1. The van der Waals surface area contributed by atoms with Gasteiger partial charge in [0, 0.05) is 29.8 Å². The molecule has 3 rings (SSSR count). The number of anilines is 1. The molecule has 1 heterocycles. The second-order valence-electron chi connectivity index (χ2n) is 7.12. The lowest BCUT2D eigenvalue weighted by atomic mass is 10.1. The van der Waals surface area contributed by atoms with Gasteiger partial charge in [0.15, 0.2) is 6.10 Å². The number of nitrogen functional groups attached to an aromatic ring is 1. The SMILES string of the molecule is CCc1c(F)cc(F)cc1O[C@@H](C)C(=O)N(Cc1nnc(N)o1)Cc1ccc(C#N)cc1F. The third kappa shape index (κ3) is 5.60. The Morgan fingerprint density at radius 1 is 1.21 bits per heavy atom. The number of benzene rings is 2. The monoisotopic (exact) mass is 459 g/mol. The Morgan fingerprint density at radius 3 is 2.58 bits per heavy atom. The molecule has 0 saturated carbocycles. The van der Waals surface area contributed by atoms with Crippen LogP contribution >= 0.6 is 0 Å². The minimum Gasteiger partial charge on any atom is -0.480 e. The van der Waals surface area contributed by atoms with E-state index < -0.39 is 29.5 Å². The van der Waals surface area contributed by atoms with Crippen molar-refractivity contribution in [2.75, 3.05) is 5.73 Å². The van der Waals surface area contributed by atoms with Crippen LogP contribution < -0.4 is 10.5 Å². The summed E-state index contributed by atoms with van der Waals surface area (Å²) in [5, 5.41) is 16.2. The van der Waals surface area contributed by atoms with Crippen LogP contribution in [0.2, 0.25) is 0 Å². The molecule has 0 radical (unpaired) electrons. The van der Waals surface area contributed by atoms with E-state index in [2.05, 4.69) is 10.2 Å². The zero-order chi connectivity index (χ0) is 24.1. The number of halogens is 3. The third-order valence-electron chi connectivity index (χ3n) is 4.79. The summed E-state index contributed by atoms with van der Waals surface area (Å²) in [7, 11) is 0. The Morgan fingerprint density at radius 2 is 1.97 bits per heavy atom. The van der Waals surface area contributed by atoms with Crippen LogP contribution in [0.3, 0.4) is 0 Å². The molecule has 0 aliphatic carbocycles. The molecule has 3 aromatic rings. The number of nitrogens with zero attached hydrogens (tertiary/aromatic N) is 4. The quantitative estimate of drug-likeness (QED) is 0.548. The fraction of sp³-hybridized carbons (Fsp3) is 0.273. The summed E-state index contributed by atoms with van der Waals surface area (Å²) in [6.45, 7) is 2.60. The molecule has 0 saturated heterocycles. The molecule has 0 aliphatic heterocycles. The molecule has 1 atom stereocenters. The molecule has 0 fully saturated rings. The van der Waals surface area contributed by atoms with Gasteiger partial charge in [-0.15, -0.1) is 5.10 Å². The van der Waals surface area contributed by atoms with Gasteiger partial charge in [-0.25, -0.2) is 13.2 Å². The molecule has 1 amide bonds.